The molecule has 0 saturated heterocycles. The first-order chi connectivity index (χ1) is 15.3. The Bertz CT molecular complexity index is 1150. The fourth-order valence-corrected chi connectivity index (χ4v) is 4.18. The first-order valence-corrected chi connectivity index (χ1v) is 12.2. The van der Waals surface area contributed by atoms with Gasteiger partial charge in [-0.25, -0.2) is 22.6 Å². The summed E-state index contributed by atoms with van der Waals surface area (Å²) in [6, 6.07) is 16.2. The van der Waals surface area contributed by atoms with Crippen LogP contribution < -0.4 is 4.72 Å². The van der Waals surface area contributed by atoms with Crippen molar-refractivity contribution < 1.29 is 17.9 Å². The van der Waals surface area contributed by atoms with Gasteiger partial charge in [0.05, 0.1) is 22.9 Å². The van der Waals surface area contributed by atoms with Crippen LogP contribution in [-0.2, 0) is 27.6 Å². The van der Waals surface area contributed by atoms with Gasteiger partial charge in [-0.2, -0.15) is 5.10 Å². The number of aryl methyl sites for hydroxylation is 3. The van der Waals surface area contributed by atoms with Crippen molar-refractivity contribution >= 4 is 16.1 Å². The predicted octanol–water partition coefficient (Wildman–Crippen LogP) is 4.49. The van der Waals surface area contributed by atoms with Crippen LogP contribution in [-0.4, -0.2) is 30.9 Å². The summed E-state index contributed by atoms with van der Waals surface area (Å²) in [5.41, 5.74) is 5.06. The number of nitrogens with one attached hydrogen (secondary N) is 1. The monoisotopic (exact) mass is 455 g/mol. The second-order valence-corrected chi connectivity index (χ2v) is 9.45. The molecule has 0 spiro atoms. The quantitative estimate of drug-likeness (QED) is 0.513. The lowest BCUT2D eigenvalue weighted by molar-refractivity contribution is 0.154. The summed E-state index contributed by atoms with van der Waals surface area (Å²) in [7, 11) is -3.95. The fraction of sp³-hybridized carbons (Fsp3) is 0.333. The molecule has 1 N–H and O–H groups in total. The molecule has 170 valence electrons. The third-order valence-electron chi connectivity index (χ3n) is 5.05. The Morgan fingerprint density at radius 3 is 2.38 bits per heavy atom. The number of unbranched alkanes of at least 4 members (excludes halogenated alkanes) is 1. The summed E-state index contributed by atoms with van der Waals surface area (Å²) in [5.74, 6) is 0. The van der Waals surface area contributed by atoms with Crippen molar-refractivity contribution in [3.8, 4) is 5.69 Å². The van der Waals surface area contributed by atoms with Crippen LogP contribution >= 0.6 is 0 Å². The summed E-state index contributed by atoms with van der Waals surface area (Å²) in [4.78, 5) is 11.9. The molecular formula is C24H29N3O4S. The van der Waals surface area contributed by atoms with Crippen molar-refractivity contribution in [2.75, 3.05) is 6.61 Å². The van der Waals surface area contributed by atoms with E-state index < -0.39 is 16.1 Å². The molecule has 0 saturated carbocycles. The summed E-state index contributed by atoms with van der Waals surface area (Å²) in [6.45, 7) is 6.08. The van der Waals surface area contributed by atoms with Gasteiger partial charge in [0.15, 0.2) is 0 Å². The largest absolute Gasteiger partial charge is 0.448 e. The molecule has 1 heterocycles. The average molecular weight is 456 g/mol. The maximum Gasteiger partial charge on any atom is 0.421 e. The standard InChI is InChI=1S/C24H29N3O4S/c1-4-5-6-22-17-19(3)25-27(22)21-11-9-20(10-12-21)15-16-31-24(28)26-32(29,30)23-13-7-18(2)8-14-23/h7-14,17H,4-6,15-16H2,1-3H3,(H,26,28). The van der Waals surface area contributed by atoms with E-state index in [1.807, 2.05) is 47.5 Å². The molecule has 0 unspecified atom stereocenters. The number of carbonyl (C=O) groups is 1. The molecule has 3 rings (SSSR count). The molecule has 2 aromatic carbocycles. The Morgan fingerprint density at radius 2 is 1.72 bits per heavy atom. The molecular weight excluding hydrogens is 426 g/mol. The van der Waals surface area contributed by atoms with Gasteiger partial charge in [-0.1, -0.05) is 43.2 Å². The van der Waals surface area contributed by atoms with Gasteiger partial charge in [0.25, 0.3) is 10.0 Å². The normalized spacial score (nSPS) is 11.3. The highest BCUT2D eigenvalue weighted by molar-refractivity contribution is 7.90. The smallest absolute Gasteiger partial charge is 0.421 e. The first-order valence-electron chi connectivity index (χ1n) is 10.7. The molecule has 1 aromatic heterocycles. The van der Waals surface area contributed by atoms with Gasteiger partial charge in [0, 0.05) is 12.1 Å². The van der Waals surface area contributed by atoms with E-state index in [-0.39, 0.29) is 11.5 Å². The lowest BCUT2D eigenvalue weighted by atomic mass is 10.1. The highest BCUT2D eigenvalue weighted by atomic mass is 32.2. The number of sulfonamides is 1. The van der Waals surface area contributed by atoms with Gasteiger partial charge < -0.3 is 4.74 Å². The minimum atomic E-state index is -3.95. The van der Waals surface area contributed by atoms with E-state index in [4.69, 9.17) is 4.74 Å². The Kier molecular flexibility index (Phi) is 7.69. The Morgan fingerprint density at radius 1 is 1.03 bits per heavy atom. The van der Waals surface area contributed by atoms with Crippen molar-refractivity contribution in [2.24, 2.45) is 0 Å². The molecule has 0 radical (unpaired) electrons. The third-order valence-corrected chi connectivity index (χ3v) is 6.37. The van der Waals surface area contributed by atoms with E-state index in [1.165, 1.54) is 17.8 Å². The SMILES string of the molecule is CCCCc1cc(C)nn1-c1ccc(CCOC(=O)NS(=O)(=O)c2ccc(C)cc2)cc1. The number of ether oxygens (including phenoxy) is 1. The molecule has 0 aliphatic rings. The van der Waals surface area contributed by atoms with Gasteiger partial charge in [-0.15, -0.1) is 0 Å². The number of aromatic nitrogens is 2. The minimum Gasteiger partial charge on any atom is -0.448 e. The number of hydrogen-bond donors (Lipinski definition) is 1. The molecule has 0 atom stereocenters. The minimum absolute atomic E-state index is 0.0165. The Hall–Kier alpha value is -3.13. The Labute approximate surface area is 189 Å². The van der Waals surface area contributed by atoms with Gasteiger partial charge in [0.2, 0.25) is 0 Å². The van der Waals surface area contributed by atoms with Gasteiger partial charge in [0.1, 0.15) is 0 Å². The second-order valence-electron chi connectivity index (χ2n) is 7.76. The lowest BCUT2D eigenvalue weighted by Gasteiger charge is -2.10. The molecule has 3 aromatic rings. The maximum absolute atomic E-state index is 12.2. The van der Waals surface area contributed by atoms with Gasteiger partial charge in [-0.3, -0.25) is 0 Å². The van der Waals surface area contributed by atoms with Crippen LogP contribution in [0, 0.1) is 13.8 Å². The molecule has 7 nitrogen and oxygen atoms in total. The van der Waals surface area contributed by atoms with E-state index in [9.17, 15) is 13.2 Å². The fourth-order valence-electron chi connectivity index (χ4n) is 3.29. The summed E-state index contributed by atoms with van der Waals surface area (Å²) in [6.07, 6.45) is 2.70. The number of carbonyl (C=O) groups excluding carboxylic acids is 1. The van der Waals surface area contributed by atoms with Crippen molar-refractivity contribution in [2.45, 2.75) is 51.3 Å². The predicted molar refractivity (Wildman–Crippen MR) is 123 cm³/mol. The number of hydrogen-bond acceptors (Lipinski definition) is 5. The zero-order valence-electron chi connectivity index (χ0n) is 18.7. The molecule has 0 fully saturated rings. The maximum atomic E-state index is 12.2. The zero-order chi connectivity index (χ0) is 23.1. The highest BCUT2D eigenvalue weighted by Gasteiger charge is 2.18. The number of benzene rings is 2. The van der Waals surface area contributed by atoms with Crippen LogP contribution in [0.2, 0.25) is 0 Å². The number of nitrogens with zero attached hydrogens (tertiary/aromatic N) is 2. The van der Waals surface area contributed by atoms with Crippen LogP contribution in [0.1, 0.15) is 42.3 Å². The topological polar surface area (TPSA) is 90.3 Å². The molecule has 0 bridgehead atoms. The van der Waals surface area contributed by atoms with Crippen LogP contribution in [0.25, 0.3) is 5.69 Å². The first kappa shape index (κ1) is 23.5. The summed E-state index contributed by atoms with van der Waals surface area (Å²) < 4.78 is 33.4. The van der Waals surface area contributed by atoms with Crippen molar-refractivity contribution in [3.05, 3.63) is 77.1 Å². The van der Waals surface area contributed by atoms with Crippen LogP contribution in [0.4, 0.5) is 4.79 Å². The lowest BCUT2D eigenvalue weighted by Crippen LogP contribution is -2.31. The van der Waals surface area contributed by atoms with Crippen LogP contribution in [0.15, 0.2) is 59.5 Å². The van der Waals surface area contributed by atoms with Crippen LogP contribution in [0.5, 0.6) is 0 Å². The molecule has 0 aliphatic heterocycles. The van der Waals surface area contributed by atoms with Crippen LogP contribution in [0.3, 0.4) is 0 Å². The van der Waals surface area contributed by atoms with E-state index in [1.54, 1.807) is 12.1 Å². The zero-order valence-corrected chi connectivity index (χ0v) is 19.5. The summed E-state index contributed by atoms with van der Waals surface area (Å²) >= 11 is 0. The second kappa shape index (κ2) is 10.5. The number of rotatable bonds is 9. The van der Waals surface area contributed by atoms with E-state index in [0.29, 0.717) is 6.42 Å². The van der Waals surface area contributed by atoms with E-state index in [2.05, 4.69) is 18.1 Å². The van der Waals surface area contributed by atoms with Gasteiger partial charge >= 0.3 is 6.09 Å². The molecule has 1 amide bonds. The van der Waals surface area contributed by atoms with E-state index >= 15 is 0 Å². The van der Waals surface area contributed by atoms with Crippen molar-refractivity contribution in [1.29, 1.82) is 0 Å². The van der Waals surface area contributed by atoms with E-state index in [0.717, 1.165) is 41.8 Å². The van der Waals surface area contributed by atoms with Crippen molar-refractivity contribution in [3.63, 3.8) is 0 Å². The van der Waals surface area contributed by atoms with Crippen molar-refractivity contribution in [1.82, 2.24) is 14.5 Å². The molecule has 32 heavy (non-hydrogen) atoms. The molecule has 8 heteroatoms. The average Bonchev–Trinajstić information content (AvgIpc) is 3.13. The molecule has 0 aliphatic carbocycles. The van der Waals surface area contributed by atoms with Gasteiger partial charge in [-0.05, 0) is 62.6 Å². The highest BCUT2D eigenvalue weighted by Crippen LogP contribution is 2.16. The third kappa shape index (κ3) is 6.20. The number of amides is 1. The Balaban J connectivity index is 1.53. The summed E-state index contributed by atoms with van der Waals surface area (Å²) in [5, 5.41) is 4.59.